The van der Waals surface area contributed by atoms with Crippen molar-refractivity contribution < 1.29 is 18.0 Å². The van der Waals surface area contributed by atoms with E-state index in [0.29, 0.717) is 16.3 Å². The lowest BCUT2D eigenvalue weighted by Crippen LogP contribution is -2.27. The van der Waals surface area contributed by atoms with Crippen molar-refractivity contribution in [2.45, 2.75) is 31.5 Å². The van der Waals surface area contributed by atoms with Gasteiger partial charge >= 0.3 is 6.18 Å². The average molecular weight is 326 g/mol. The van der Waals surface area contributed by atoms with E-state index >= 15 is 0 Å². The van der Waals surface area contributed by atoms with Crippen LogP contribution in [-0.2, 0) is 17.4 Å². The van der Waals surface area contributed by atoms with Gasteiger partial charge in [-0.3, -0.25) is 4.79 Å². The number of alkyl halides is 3. The third kappa shape index (κ3) is 3.65. The Morgan fingerprint density at radius 1 is 1.36 bits per heavy atom. The SMILES string of the molecule is O=C(Cc1csc(-c2cccc(C(F)(F)F)c2)n1)NC1CC1. The van der Waals surface area contributed by atoms with Crippen molar-refractivity contribution in [3.8, 4) is 10.6 Å². The summed E-state index contributed by atoms with van der Waals surface area (Å²) in [6.07, 6.45) is -2.19. The molecule has 1 saturated carbocycles. The summed E-state index contributed by atoms with van der Waals surface area (Å²) in [4.78, 5) is 16.0. The smallest absolute Gasteiger partial charge is 0.353 e. The first-order valence-corrected chi connectivity index (χ1v) is 7.71. The number of benzene rings is 1. The van der Waals surface area contributed by atoms with Gasteiger partial charge in [-0.25, -0.2) is 4.98 Å². The molecule has 1 fully saturated rings. The number of rotatable bonds is 4. The molecule has 0 radical (unpaired) electrons. The summed E-state index contributed by atoms with van der Waals surface area (Å²) in [5.41, 5.74) is 0.289. The normalized spacial score (nSPS) is 14.9. The molecule has 0 unspecified atom stereocenters. The molecule has 7 heteroatoms. The van der Waals surface area contributed by atoms with Crippen LogP contribution in [0.1, 0.15) is 24.1 Å². The third-order valence-electron chi connectivity index (χ3n) is 3.27. The molecule has 1 aromatic carbocycles. The van der Waals surface area contributed by atoms with Crippen molar-refractivity contribution in [1.29, 1.82) is 0 Å². The topological polar surface area (TPSA) is 42.0 Å². The number of aromatic nitrogens is 1. The lowest BCUT2D eigenvalue weighted by molar-refractivity contribution is -0.137. The van der Waals surface area contributed by atoms with Gasteiger partial charge in [0.1, 0.15) is 5.01 Å². The standard InChI is InChI=1S/C15H13F3N2OS/c16-15(17,18)10-3-1-2-9(6-10)14-20-12(8-22-14)7-13(21)19-11-4-5-11/h1-3,6,8,11H,4-5,7H2,(H,19,21). The molecule has 1 amide bonds. The zero-order chi connectivity index (χ0) is 15.7. The molecule has 1 heterocycles. The number of carbonyl (C=O) groups excluding carboxylic acids is 1. The molecular weight excluding hydrogens is 313 g/mol. The molecule has 0 saturated heterocycles. The zero-order valence-electron chi connectivity index (χ0n) is 11.5. The molecule has 0 bridgehead atoms. The highest BCUT2D eigenvalue weighted by Gasteiger charge is 2.30. The maximum Gasteiger partial charge on any atom is 0.416 e. The van der Waals surface area contributed by atoms with Gasteiger partial charge in [0.05, 0.1) is 17.7 Å². The van der Waals surface area contributed by atoms with Gasteiger partial charge in [0, 0.05) is 17.0 Å². The monoisotopic (exact) mass is 326 g/mol. The van der Waals surface area contributed by atoms with Crippen LogP contribution < -0.4 is 5.32 Å². The van der Waals surface area contributed by atoms with Crippen molar-refractivity contribution in [3.05, 3.63) is 40.9 Å². The van der Waals surface area contributed by atoms with E-state index < -0.39 is 11.7 Å². The molecule has 22 heavy (non-hydrogen) atoms. The zero-order valence-corrected chi connectivity index (χ0v) is 12.3. The molecule has 1 aliphatic carbocycles. The molecule has 1 aromatic heterocycles. The minimum Gasteiger partial charge on any atom is -0.353 e. The first-order chi connectivity index (χ1) is 10.4. The van der Waals surface area contributed by atoms with Gasteiger partial charge in [-0.15, -0.1) is 11.3 Å². The Morgan fingerprint density at radius 2 is 2.14 bits per heavy atom. The van der Waals surface area contributed by atoms with Crippen LogP contribution in [0.25, 0.3) is 10.6 Å². The average Bonchev–Trinajstić information content (AvgIpc) is 3.14. The van der Waals surface area contributed by atoms with Gasteiger partial charge in [0.2, 0.25) is 5.91 Å². The van der Waals surface area contributed by atoms with Gasteiger partial charge in [-0.05, 0) is 25.0 Å². The summed E-state index contributed by atoms with van der Waals surface area (Å²) in [6.45, 7) is 0. The van der Waals surface area contributed by atoms with E-state index in [2.05, 4.69) is 10.3 Å². The predicted octanol–water partition coefficient (Wildman–Crippen LogP) is 3.65. The quantitative estimate of drug-likeness (QED) is 0.932. The lowest BCUT2D eigenvalue weighted by atomic mass is 10.1. The number of thiazole rings is 1. The van der Waals surface area contributed by atoms with Crippen molar-refractivity contribution in [1.82, 2.24) is 10.3 Å². The molecular formula is C15H13F3N2OS. The Bertz CT molecular complexity index is 692. The summed E-state index contributed by atoms with van der Waals surface area (Å²) in [5, 5.41) is 5.05. The molecule has 0 aliphatic heterocycles. The fourth-order valence-electron chi connectivity index (χ4n) is 2.02. The van der Waals surface area contributed by atoms with Crippen LogP contribution in [0.15, 0.2) is 29.6 Å². The Kier molecular flexibility index (Phi) is 3.90. The van der Waals surface area contributed by atoms with Gasteiger partial charge in [0.25, 0.3) is 0 Å². The first kappa shape index (κ1) is 15.0. The van der Waals surface area contributed by atoms with E-state index in [0.717, 1.165) is 25.0 Å². The van der Waals surface area contributed by atoms with Crippen molar-refractivity contribution in [3.63, 3.8) is 0 Å². The Balaban J connectivity index is 1.74. The second kappa shape index (κ2) is 5.72. The Morgan fingerprint density at radius 3 is 2.82 bits per heavy atom. The number of amides is 1. The van der Waals surface area contributed by atoms with E-state index in [1.165, 1.54) is 17.4 Å². The molecule has 3 rings (SSSR count). The van der Waals surface area contributed by atoms with Crippen LogP contribution in [-0.4, -0.2) is 16.9 Å². The second-order valence-electron chi connectivity index (χ2n) is 5.24. The number of hydrogen-bond donors (Lipinski definition) is 1. The summed E-state index contributed by atoms with van der Waals surface area (Å²) < 4.78 is 38.2. The molecule has 3 nitrogen and oxygen atoms in total. The number of nitrogens with one attached hydrogen (secondary N) is 1. The number of nitrogens with zero attached hydrogens (tertiary/aromatic N) is 1. The molecule has 0 atom stereocenters. The third-order valence-corrected chi connectivity index (χ3v) is 4.21. The minimum absolute atomic E-state index is 0.0941. The van der Waals surface area contributed by atoms with E-state index in [-0.39, 0.29) is 18.4 Å². The number of halogens is 3. The van der Waals surface area contributed by atoms with Crippen LogP contribution >= 0.6 is 11.3 Å². The minimum atomic E-state index is -4.37. The summed E-state index contributed by atoms with van der Waals surface area (Å²) >= 11 is 1.24. The van der Waals surface area contributed by atoms with Crippen LogP contribution in [0.3, 0.4) is 0 Å². The highest BCUT2D eigenvalue weighted by atomic mass is 32.1. The van der Waals surface area contributed by atoms with Crippen molar-refractivity contribution in [2.75, 3.05) is 0 Å². The van der Waals surface area contributed by atoms with Crippen LogP contribution in [0.4, 0.5) is 13.2 Å². The molecule has 0 spiro atoms. The van der Waals surface area contributed by atoms with Crippen molar-refractivity contribution >= 4 is 17.2 Å². The van der Waals surface area contributed by atoms with E-state index in [1.807, 2.05) is 0 Å². The van der Waals surface area contributed by atoms with Gasteiger partial charge < -0.3 is 5.32 Å². The Hall–Kier alpha value is -1.89. The highest BCUT2D eigenvalue weighted by Crippen LogP contribution is 2.33. The fourth-order valence-corrected chi connectivity index (χ4v) is 2.84. The maximum atomic E-state index is 12.7. The Labute approximate surface area is 129 Å². The molecule has 1 N–H and O–H groups in total. The van der Waals surface area contributed by atoms with Crippen LogP contribution in [0, 0.1) is 0 Å². The maximum absolute atomic E-state index is 12.7. The van der Waals surface area contributed by atoms with E-state index in [1.54, 1.807) is 11.4 Å². The summed E-state index contributed by atoms with van der Waals surface area (Å²) in [7, 11) is 0. The van der Waals surface area contributed by atoms with Crippen LogP contribution in [0.5, 0.6) is 0 Å². The number of carbonyl (C=O) groups is 1. The highest BCUT2D eigenvalue weighted by molar-refractivity contribution is 7.13. The van der Waals surface area contributed by atoms with E-state index in [9.17, 15) is 18.0 Å². The lowest BCUT2D eigenvalue weighted by Gasteiger charge is -2.07. The summed E-state index contributed by atoms with van der Waals surface area (Å²) in [6, 6.07) is 5.34. The predicted molar refractivity (Wildman–Crippen MR) is 77.4 cm³/mol. The van der Waals surface area contributed by atoms with Gasteiger partial charge in [0.15, 0.2) is 0 Å². The molecule has 2 aromatic rings. The van der Waals surface area contributed by atoms with Gasteiger partial charge in [-0.1, -0.05) is 12.1 Å². The molecule has 116 valence electrons. The second-order valence-corrected chi connectivity index (χ2v) is 6.10. The van der Waals surface area contributed by atoms with E-state index in [4.69, 9.17) is 0 Å². The fraction of sp³-hybridized carbons (Fsp3) is 0.333. The summed E-state index contributed by atoms with van der Waals surface area (Å²) in [5.74, 6) is -0.0941. The van der Waals surface area contributed by atoms with Crippen LogP contribution in [0.2, 0.25) is 0 Å². The molecule has 1 aliphatic rings. The largest absolute Gasteiger partial charge is 0.416 e. The van der Waals surface area contributed by atoms with Gasteiger partial charge in [-0.2, -0.15) is 13.2 Å². The van der Waals surface area contributed by atoms with Crippen molar-refractivity contribution in [2.24, 2.45) is 0 Å². The number of hydrogen-bond acceptors (Lipinski definition) is 3. The first-order valence-electron chi connectivity index (χ1n) is 6.83.